The topological polar surface area (TPSA) is 26.0 Å². The number of hydrogen-bond donors (Lipinski definition) is 1. The first kappa shape index (κ1) is 12.9. The lowest BCUT2D eigenvalue weighted by molar-refractivity contribution is -0.0179. The van der Waals surface area contributed by atoms with Crippen molar-refractivity contribution in [2.24, 2.45) is 17.1 Å². The summed E-state index contributed by atoms with van der Waals surface area (Å²) in [5.41, 5.74) is 8.03. The summed E-state index contributed by atoms with van der Waals surface area (Å²) in [5.74, 6) is 1.15. The maximum absolute atomic E-state index is 6.35. The predicted octanol–water partition coefficient (Wildman–Crippen LogP) is 4.21. The van der Waals surface area contributed by atoms with E-state index < -0.39 is 0 Å². The summed E-state index contributed by atoms with van der Waals surface area (Å²) in [4.78, 5) is 0. The molecule has 0 bridgehead atoms. The summed E-state index contributed by atoms with van der Waals surface area (Å²) in [6.07, 6.45) is 2.31. The van der Waals surface area contributed by atoms with Crippen molar-refractivity contribution in [3.05, 3.63) is 34.9 Å². The van der Waals surface area contributed by atoms with Gasteiger partial charge in [-0.15, -0.1) is 0 Å². The highest BCUT2D eigenvalue weighted by Gasteiger charge is 2.56. The number of halogens is 1. The van der Waals surface area contributed by atoms with Crippen molar-refractivity contribution in [2.75, 3.05) is 0 Å². The third-order valence-electron chi connectivity index (χ3n) is 4.92. The molecule has 0 saturated heterocycles. The van der Waals surface area contributed by atoms with E-state index in [2.05, 4.69) is 32.9 Å². The summed E-state index contributed by atoms with van der Waals surface area (Å²) < 4.78 is 0. The molecule has 1 nitrogen and oxygen atoms in total. The van der Waals surface area contributed by atoms with Gasteiger partial charge in [0.25, 0.3) is 0 Å². The molecular formula is C15H22ClN. The van der Waals surface area contributed by atoms with E-state index in [4.69, 9.17) is 17.3 Å². The fraction of sp³-hybridized carbons (Fsp3) is 0.600. The van der Waals surface area contributed by atoms with Crippen LogP contribution in [0.2, 0.25) is 5.02 Å². The lowest BCUT2D eigenvalue weighted by Crippen LogP contribution is -2.62. The van der Waals surface area contributed by atoms with E-state index >= 15 is 0 Å². The molecule has 1 aromatic rings. The summed E-state index contributed by atoms with van der Waals surface area (Å²) in [7, 11) is 0. The molecule has 17 heavy (non-hydrogen) atoms. The van der Waals surface area contributed by atoms with Crippen LogP contribution in [0.3, 0.4) is 0 Å². The van der Waals surface area contributed by atoms with Crippen molar-refractivity contribution >= 4 is 11.6 Å². The minimum Gasteiger partial charge on any atom is -0.327 e. The van der Waals surface area contributed by atoms with Crippen LogP contribution in [0, 0.1) is 11.3 Å². The van der Waals surface area contributed by atoms with Gasteiger partial charge in [-0.05, 0) is 47.8 Å². The maximum Gasteiger partial charge on any atom is 0.0406 e. The van der Waals surface area contributed by atoms with E-state index in [1.807, 2.05) is 12.1 Å². The van der Waals surface area contributed by atoms with Gasteiger partial charge in [-0.3, -0.25) is 0 Å². The summed E-state index contributed by atoms with van der Waals surface area (Å²) >= 11 is 5.96. The molecule has 2 heteroatoms. The number of nitrogens with two attached hydrogens (primary N) is 1. The Kier molecular flexibility index (Phi) is 3.51. The zero-order valence-electron chi connectivity index (χ0n) is 10.9. The average Bonchev–Trinajstić information content (AvgIpc) is 2.36. The van der Waals surface area contributed by atoms with Gasteiger partial charge < -0.3 is 5.73 Å². The third-order valence-corrected chi connectivity index (χ3v) is 5.17. The Labute approximate surface area is 109 Å². The molecule has 0 spiro atoms. The van der Waals surface area contributed by atoms with E-state index in [1.54, 1.807) is 0 Å². The molecule has 0 aromatic heterocycles. The van der Waals surface area contributed by atoms with Crippen LogP contribution in [0.25, 0.3) is 0 Å². The molecule has 1 aliphatic carbocycles. The number of hydrogen-bond acceptors (Lipinski definition) is 1. The van der Waals surface area contributed by atoms with Gasteiger partial charge in [0.2, 0.25) is 0 Å². The molecule has 94 valence electrons. The first-order valence-electron chi connectivity index (χ1n) is 6.58. The van der Waals surface area contributed by atoms with E-state index in [0.29, 0.717) is 17.9 Å². The molecule has 2 rings (SSSR count). The highest BCUT2D eigenvalue weighted by atomic mass is 35.5. The fourth-order valence-electron chi connectivity index (χ4n) is 3.81. The van der Waals surface area contributed by atoms with Gasteiger partial charge in [0, 0.05) is 11.1 Å². The van der Waals surface area contributed by atoms with Gasteiger partial charge in [0.1, 0.15) is 0 Å². The van der Waals surface area contributed by atoms with Crippen molar-refractivity contribution in [1.82, 2.24) is 0 Å². The van der Waals surface area contributed by atoms with Crippen molar-refractivity contribution in [2.45, 2.75) is 45.6 Å². The van der Waals surface area contributed by atoms with Crippen molar-refractivity contribution in [1.29, 1.82) is 0 Å². The lowest BCUT2D eigenvalue weighted by atomic mass is 9.47. The zero-order valence-corrected chi connectivity index (χ0v) is 11.7. The standard InChI is InChI=1S/C15H22ClN/c1-4-15(5-2)13(10(3)14(15)17)11-6-8-12(16)9-7-11/h6-10,13-14H,4-5,17H2,1-3H3. The third kappa shape index (κ3) is 1.80. The van der Waals surface area contributed by atoms with Crippen molar-refractivity contribution in [3.8, 4) is 0 Å². The molecule has 2 N–H and O–H groups in total. The largest absolute Gasteiger partial charge is 0.327 e. The molecule has 3 atom stereocenters. The van der Waals surface area contributed by atoms with E-state index in [9.17, 15) is 0 Å². The second-order valence-electron chi connectivity index (χ2n) is 5.35. The Morgan fingerprint density at radius 1 is 1.18 bits per heavy atom. The smallest absolute Gasteiger partial charge is 0.0406 e. The summed E-state index contributed by atoms with van der Waals surface area (Å²) in [6.45, 7) is 6.80. The second-order valence-corrected chi connectivity index (χ2v) is 5.79. The van der Waals surface area contributed by atoms with Crippen LogP contribution in [-0.2, 0) is 0 Å². The van der Waals surface area contributed by atoms with Gasteiger partial charge in [0.15, 0.2) is 0 Å². The maximum atomic E-state index is 6.35. The lowest BCUT2D eigenvalue weighted by Gasteiger charge is -2.59. The minimum atomic E-state index is 0.285. The average molecular weight is 252 g/mol. The molecule has 0 aliphatic heterocycles. The molecule has 3 unspecified atom stereocenters. The van der Waals surface area contributed by atoms with Gasteiger partial charge in [-0.2, -0.15) is 0 Å². The van der Waals surface area contributed by atoms with Gasteiger partial charge >= 0.3 is 0 Å². The summed E-state index contributed by atoms with van der Waals surface area (Å²) in [5, 5.41) is 0.809. The molecule has 1 aliphatic rings. The SMILES string of the molecule is CCC1(CC)C(N)C(C)C1c1ccc(Cl)cc1. The Morgan fingerprint density at radius 3 is 2.18 bits per heavy atom. The zero-order chi connectivity index (χ0) is 12.6. The molecule has 1 saturated carbocycles. The Hall–Kier alpha value is -0.530. The van der Waals surface area contributed by atoms with Crippen LogP contribution in [0.15, 0.2) is 24.3 Å². The highest BCUT2D eigenvalue weighted by Crippen LogP contribution is 2.59. The molecule has 0 radical (unpaired) electrons. The van der Waals surface area contributed by atoms with Crippen molar-refractivity contribution < 1.29 is 0 Å². The summed E-state index contributed by atoms with van der Waals surface area (Å²) in [6, 6.07) is 8.64. The fourth-order valence-corrected chi connectivity index (χ4v) is 3.94. The van der Waals surface area contributed by atoms with Crippen LogP contribution in [-0.4, -0.2) is 6.04 Å². The molecule has 1 fully saturated rings. The first-order chi connectivity index (χ1) is 8.06. The Morgan fingerprint density at radius 2 is 1.71 bits per heavy atom. The van der Waals surface area contributed by atoms with Gasteiger partial charge in [-0.25, -0.2) is 0 Å². The van der Waals surface area contributed by atoms with E-state index in [-0.39, 0.29) is 5.41 Å². The molecular weight excluding hydrogens is 230 g/mol. The van der Waals surface area contributed by atoms with Crippen LogP contribution in [0.1, 0.15) is 45.1 Å². The highest BCUT2D eigenvalue weighted by molar-refractivity contribution is 6.30. The molecule has 0 heterocycles. The predicted molar refractivity (Wildman–Crippen MR) is 74.3 cm³/mol. The number of benzene rings is 1. The van der Waals surface area contributed by atoms with E-state index in [1.165, 1.54) is 5.56 Å². The van der Waals surface area contributed by atoms with Crippen LogP contribution >= 0.6 is 11.6 Å². The molecule has 1 aromatic carbocycles. The normalized spacial score (nSPS) is 31.0. The van der Waals surface area contributed by atoms with E-state index in [0.717, 1.165) is 17.9 Å². The monoisotopic (exact) mass is 251 g/mol. The Bertz CT molecular complexity index is 380. The van der Waals surface area contributed by atoms with Crippen LogP contribution in [0.4, 0.5) is 0 Å². The van der Waals surface area contributed by atoms with Crippen LogP contribution in [0.5, 0.6) is 0 Å². The first-order valence-corrected chi connectivity index (χ1v) is 6.95. The van der Waals surface area contributed by atoms with Crippen molar-refractivity contribution in [3.63, 3.8) is 0 Å². The molecule has 0 amide bonds. The van der Waals surface area contributed by atoms with Gasteiger partial charge in [-0.1, -0.05) is 44.5 Å². The van der Waals surface area contributed by atoms with Crippen LogP contribution < -0.4 is 5.73 Å². The second kappa shape index (κ2) is 4.62. The quantitative estimate of drug-likeness (QED) is 0.856. The van der Waals surface area contributed by atoms with Gasteiger partial charge in [0.05, 0.1) is 0 Å². The minimum absolute atomic E-state index is 0.285. The number of rotatable bonds is 3. The Balaban J connectivity index is 2.34.